The molecule has 1 aromatic heterocycles. The molecule has 2 heteroatoms. The van der Waals surface area contributed by atoms with E-state index in [0.29, 0.717) is 5.92 Å². The summed E-state index contributed by atoms with van der Waals surface area (Å²) in [5.41, 5.74) is 6.92. The Bertz CT molecular complexity index is 709. The predicted molar refractivity (Wildman–Crippen MR) is 104 cm³/mol. The van der Waals surface area contributed by atoms with Gasteiger partial charge in [0.1, 0.15) is 7.05 Å². The van der Waals surface area contributed by atoms with Crippen LogP contribution in [0.15, 0.2) is 30.5 Å². The fourth-order valence-corrected chi connectivity index (χ4v) is 4.98. The molecule has 1 nitrogen and oxygen atoms in total. The zero-order valence-electron chi connectivity index (χ0n) is 16.1. The lowest BCUT2D eigenvalue weighted by Crippen LogP contribution is -2.45. The number of nitrogens with zero attached hydrogens (tertiary/aromatic N) is 1. The maximum absolute atomic E-state index is 2.48. The first-order valence-electron chi connectivity index (χ1n) is 8.70. The minimum Gasteiger partial charge on any atom is -0.201 e. The van der Waals surface area contributed by atoms with Crippen molar-refractivity contribution >= 4 is 13.3 Å². The lowest BCUT2D eigenvalue weighted by atomic mass is 9.99. The molecule has 0 saturated heterocycles. The molecular weight excluding hydrogens is 294 g/mol. The van der Waals surface area contributed by atoms with Gasteiger partial charge >= 0.3 is 0 Å². The summed E-state index contributed by atoms with van der Waals surface area (Å²) in [7, 11) is 0.813. The Morgan fingerprint density at radius 1 is 1.04 bits per heavy atom. The van der Waals surface area contributed by atoms with Crippen LogP contribution < -0.4 is 9.75 Å². The van der Waals surface area contributed by atoms with E-state index in [4.69, 9.17) is 0 Å². The zero-order valence-corrected chi connectivity index (χ0v) is 17.1. The third-order valence-electron chi connectivity index (χ3n) is 4.46. The van der Waals surface area contributed by atoms with Gasteiger partial charge in [0.05, 0.1) is 8.07 Å². The largest absolute Gasteiger partial charge is 0.212 e. The highest BCUT2D eigenvalue weighted by molar-refractivity contribution is 6.89. The van der Waals surface area contributed by atoms with Gasteiger partial charge in [0, 0.05) is 17.2 Å². The van der Waals surface area contributed by atoms with E-state index in [0.717, 1.165) is 0 Å². The van der Waals surface area contributed by atoms with Crippen LogP contribution >= 0.6 is 0 Å². The van der Waals surface area contributed by atoms with Crippen molar-refractivity contribution in [3.8, 4) is 11.3 Å². The van der Waals surface area contributed by atoms with Crippen molar-refractivity contribution in [3.63, 3.8) is 0 Å². The van der Waals surface area contributed by atoms with Gasteiger partial charge < -0.3 is 0 Å². The third-order valence-corrected chi connectivity index (χ3v) is 6.54. The van der Waals surface area contributed by atoms with Gasteiger partial charge in [-0.2, -0.15) is 0 Å². The summed E-state index contributed by atoms with van der Waals surface area (Å²) >= 11 is 0. The molecule has 0 radical (unpaired) electrons. The molecule has 1 aromatic carbocycles. The fraction of sp³-hybridized carbons (Fsp3) is 0.476. The Morgan fingerprint density at radius 3 is 2.26 bits per heavy atom. The van der Waals surface area contributed by atoms with Gasteiger partial charge in [-0.25, -0.2) is 4.57 Å². The molecule has 0 aliphatic carbocycles. The van der Waals surface area contributed by atoms with Crippen LogP contribution in [0.1, 0.15) is 30.5 Å². The number of rotatable bonds is 4. The van der Waals surface area contributed by atoms with E-state index in [1.165, 1.54) is 34.4 Å². The van der Waals surface area contributed by atoms with Crippen molar-refractivity contribution in [2.75, 3.05) is 0 Å². The first kappa shape index (κ1) is 17.9. The number of hydrogen-bond acceptors (Lipinski definition) is 0. The van der Waals surface area contributed by atoms with E-state index in [1.54, 1.807) is 5.19 Å². The number of pyridine rings is 1. The minimum absolute atomic E-state index is 0.691. The first-order chi connectivity index (χ1) is 10.6. The number of benzene rings is 1. The maximum atomic E-state index is 2.48. The molecule has 23 heavy (non-hydrogen) atoms. The second-order valence-corrected chi connectivity index (χ2v) is 13.4. The molecule has 0 spiro atoms. The SMILES string of the molecule is Cc1ccc(C)c(-c2cc([Si](C)(C)C)c(CC(C)C)c[n+]2C)c1. The van der Waals surface area contributed by atoms with Gasteiger partial charge in [-0.15, -0.1) is 0 Å². The van der Waals surface area contributed by atoms with E-state index >= 15 is 0 Å². The minimum atomic E-state index is -1.38. The Hall–Kier alpha value is -1.41. The standard InChI is InChI=1S/C21H32NSi/c1-15(2)11-18-14-22(5)20(13-21(18)23(6,7)8)19-12-16(3)9-10-17(19)4/h9-10,12-15H,11H2,1-8H3/q+1. The van der Waals surface area contributed by atoms with Crippen molar-refractivity contribution in [1.29, 1.82) is 0 Å². The molecule has 0 aliphatic rings. The lowest BCUT2D eigenvalue weighted by Gasteiger charge is -2.22. The summed E-state index contributed by atoms with van der Waals surface area (Å²) in [6.07, 6.45) is 3.55. The highest BCUT2D eigenvalue weighted by atomic mass is 28.3. The summed E-state index contributed by atoms with van der Waals surface area (Å²) in [4.78, 5) is 0. The average Bonchev–Trinajstić information content (AvgIpc) is 2.40. The van der Waals surface area contributed by atoms with Crippen LogP contribution in [0.2, 0.25) is 19.6 Å². The lowest BCUT2D eigenvalue weighted by molar-refractivity contribution is -0.660. The fourth-order valence-electron chi connectivity index (χ4n) is 3.28. The third kappa shape index (κ3) is 4.11. The number of hydrogen-bond donors (Lipinski definition) is 0. The first-order valence-corrected chi connectivity index (χ1v) is 12.2. The highest BCUT2D eigenvalue weighted by Gasteiger charge is 2.26. The molecule has 2 rings (SSSR count). The molecule has 1 heterocycles. The van der Waals surface area contributed by atoms with Gasteiger partial charge in [0.25, 0.3) is 0 Å². The van der Waals surface area contributed by atoms with Crippen LogP contribution in [-0.2, 0) is 13.5 Å². The van der Waals surface area contributed by atoms with E-state index in [1.807, 2.05) is 0 Å². The van der Waals surface area contributed by atoms with Crippen LogP contribution in [0.25, 0.3) is 11.3 Å². The number of aryl methyl sites for hydroxylation is 3. The van der Waals surface area contributed by atoms with Crippen molar-refractivity contribution in [1.82, 2.24) is 0 Å². The molecule has 0 bridgehead atoms. The quantitative estimate of drug-likeness (QED) is 0.574. The monoisotopic (exact) mass is 326 g/mol. The van der Waals surface area contributed by atoms with Crippen LogP contribution in [-0.4, -0.2) is 8.07 Å². The van der Waals surface area contributed by atoms with E-state index in [9.17, 15) is 0 Å². The molecular formula is C21H32NSi+. The van der Waals surface area contributed by atoms with Gasteiger partial charge in [0.15, 0.2) is 6.20 Å². The van der Waals surface area contributed by atoms with Crippen LogP contribution in [0.3, 0.4) is 0 Å². The molecule has 0 fully saturated rings. The Labute approximate surface area is 143 Å². The summed E-state index contributed by atoms with van der Waals surface area (Å²) in [6, 6.07) is 9.23. The van der Waals surface area contributed by atoms with E-state index < -0.39 is 8.07 Å². The van der Waals surface area contributed by atoms with Gasteiger partial charge in [0.2, 0.25) is 5.69 Å². The van der Waals surface area contributed by atoms with Crippen molar-refractivity contribution < 1.29 is 4.57 Å². The van der Waals surface area contributed by atoms with Crippen molar-refractivity contribution in [2.24, 2.45) is 13.0 Å². The Balaban J connectivity index is 2.69. The summed E-state index contributed by atoms with van der Waals surface area (Å²) in [5.74, 6) is 0.691. The molecule has 0 unspecified atom stereocenters. The van der Waals surface area contributed by atoms with E-state index in [-0.39, 0.29) is 0 Å². The van der Waals surface area contributed by atoms with Crippen LogP contribution in [0.5, 0.6) is 0 Å². The van der Waals surface area contributed by atoms with Crippen LogP contribution in [0.4, 0.5) is 0 Å². The molecule has 0 aliphatic heterocycles. The molecule has 0 saturated carbocycles. The van der Waals surface area contributed by atoms with Crippen molar-refractivity contribution in [3.05, 3.63) is 47.2 Å². The topological polar surface area (TPSA) is 3.88 Å². The average molecular weight is 327 g/mol. The maximum Gasteiger partial charge on any atom is 0.212 e. The summed E-state index contributed by atoms with van der Waals surface area (Å²) in [5, 5.41) is 1.61. The smallest absolute Gasteiger partial charge is 0.201 e. The van der Waals surface area contributed by atoms with Gasteiger partial charge in [-0.05, 0) is 43.0 Å². The summed E-state index contributed by atoms with van der Waals surface area (Å²) < 4.78 is 2.32. The molecule has 0 atom stereocenters. The number of aromatic nitrogens is 1. The van der Waals surface area contributed by atoms with Crippen molar-refractivity contribution in [2.45, 2.75) is 53.8 Å². The second kappa shape index (κ2) is 6.60. The normalized spacial score (nSPS) is 12.0. The highest BCUT2D eigenvalue weighted by Crippen LogP contribution is 2.23. The van der Waals surface area contributed by atoms with E-state index in [2.05, 4.69) is 89.4 Å². The van der Waals surface area contributed by atoms with Crippen LogP contribution in [0, 0.1) is 19.8 Å². The summed E-state index contributed by atoms with van der Waals surface area (Å²) in [6.45, 7) is 16.4. The second-order valence-electron chi connectivity index (χ2n) is 8.37. The predicted octanol–water partition coefficient (Wildman–Crippen LogP) is 4.54. The molecule has 2 aromatic rings. The Morgan fingerprint density at radius 2 is 1.70 bits per heavy atom. The molecule has 124 valence electrons. The Kier molecular flexibility index (Phi) is 5.15. The zero-order chi connectivity index (χ0) is 17.4. The molecule has 0 amide bonds. The molecule has 0 N–H and O–H groups in total. The van der Waals surface area contributed by atoms with Gasteiger partial charge in [-0.3, -0.25) is 0 Å². The van der Waals surface area contributed by atoms with Gasteiger partial charge in [-0.1, -0.05) is 51.2 Å².